The Morgan fingerprint density at radius 2 is 0.898 bits per heavy atom. The topological polar surface area (TPSA) is 172 Å². The Hall–Kier alpha value is -6.70. The van der Waals surface area contributed by atoms with E-state index >= 15 is 0 Å². The van der Waals surface area contributed by atoms with E-state index in [9.17, 15) is 19.2 Å². The van der Waals surface area contributed by atoms with E-state index in [1.807, 2.05) is 0 Å². The zero-order chi connectivity index (χ0) is 35.2. The minimum absolute atomic E-state index is 0.280. The molecule has 252 valence electrons. The molecule has 0 radical (unpaired) electrons. The molecule has 0 aliphatic rings. The maximum Gasteiger partial charge on any atom is 0.343 e. The molecule has 14 nitrogen and oxygen atoms in total. The maximum absolute atomic E-state index is 12.5. The third-order valence-corrected chi connectivity index (χ3v) is 6.55. The molecular weight excluding hydrogens is 636 g/mol. The number of hydrogen-bond donors (Lipinski definition) is 2. The van der Waals surface area contributed by atoms with Crippen LogP contribution in [0.25, 0.3) is 0 Å². The number of hydrogen-bond acceptors (Lipinski definition) is 12. The lowest BCUT2D eigenvalue weighted by Crippen LogP contribution is -2.27. The molecular formula is C35H32N4O10. The highest BCUT2D eigenvalue weighted by atomic mass is 16.5. The van der Waals surface area contributed by atoms with Crippen molar-refractivity contribution in [2.45, 2.75) is 6.42 Å². The van der Waals surface area contributed by atoms with Crippen LogP contribution in [0.2, 0.25) is 0 Å². The molecule has 0 aliphatic heterocycles. The molecule has 2 amide bonds. The van der Waals surface area contributed by atoms with Crippen LogP contribution in [0.15, 0.2) is 95.1 Å². The van der Waals surface area contributed by atoms with Crippen LogP contribution in [0.4, 0.5) is 0 Å². The van der Waals surface area contributed by atoms with Crippen molar-refractivity contribution in [3.05, 3.63) is 107 Å². The molecule has 49 heavy (non-hydrogen) atoms. The Morgan fingerprint density at radius 1 is 0.531 bits per heavy atom. The van der Waals surface area contributed by atoms with Gasteiger partial charge in [-0.05, 0) is 96.1 Å². The van der Waals surface area contributed by atoms with Gasteiger partial charge in [0.15, 0.2) is 23.0 Å². The summed E-state index contributed by atoms with van der Waals surface area (Å²) in [5.74, 6) is -0.135. The summed E-state index contributed by atoms with van der Waals surface area (Å²) in [6.45, 7) is 0. The first-order chi connectivity index (χ1) is 23.7. The van der Waals surface area contributed by atoms with Crippen molar-refractivity contribution in [3.63, 3.8) is 0 Å². The van der Waals surface area contributed by atoms with Gasteiger partial charge in [0.1, 0.15) is 17.9 Å². The number of carbonyl (C=O) groups excluding carboxylic acids is 4. The summed E-state index contributed by atoms with van der Waals surface area (Å²) in [6, 6.07) is 22.1. The average Bonchev–Trinajstić information content (AvgIpc) is 3.12. The zero-order valence-corrected chi connectivity index (χ0v) is 26.9. The Morgan fingerprint density at radius 3 is 1.24 bits per heavy atom. The molecule has 0 spiro atoms. The van der Waals surface area contributed by atoms with E-state index in [0.29, 0.717) is 45.6 Å². The van der Waals surface area contributed by atoms with Gasteiger partial charge < -0.3 is 28.4 Å². The number of methoxy groups -OCH3 is 4. The summed E-state index contributed by atoms with van der Waals surface area (Å²) in [4.78, 5) is 49.2. The van der Waals surface area contributed by atoms with Gasteiger partial charge in [-0.3, -0.25) is 9.59 Å². The number of hydrazone groups is 2. The first-order valence-corrected chi connectivity index (χ1v) is 14.4. The van der Waals surface area contributed by atoms with Gasteiger partial charge >= 0.3 is 11.9 Å². The van der Waals surface area contributed by atoms with E-state index < -0.39 is 30.2 Å². The lowest BCUT2D eigenvalue weighted by molar-refractivity contribution is -0.129. The highest BCUT2D eigenvalue weighted by Crippen LogP contribution is 2.29. The summed E-state index contributed by atoms with van der Waals surface area (Å²) in [5, 5.41) is 7.67. The molecule has 0 heterocycles. The molecule has 0 saturated heterocycles. The third-order valence-electron chi connectivity index (χ3n) is 6.55. The predicted octanol–water partition coefficient (Wildman–Crippen LogP) is 4.15. The summed E-state index contributed by atoms with van der Waals surface area (Å²) in [7, 11) is 5.93. The molecule has 14 heteroatoms. The quantitative estimate of drug-likeness (QED) is 0.0654. The van der Waals surface area contributed by atoms with Gasteiger partial charge in [-0.1, -0.05) is 0 Å². The minimum atomic E-state index is -0.662. The van der Waals surface area contributed by atoms with Crippen LogP contribution >= 0.6 is 0 Å². The standard InChI is InChI=1S/C35H32N4O10/c1-44-28-15-9-24(17-30(28)46-3)34(42)48-26-11-5-22(6-12-26)20-36-38-32(40)19-33(41)39-37-21-23-7-13-27(14-8-23)49-35(43)25-10-16-29(45-2)31(18-25)47-4/h5-18,20-21H,19H2,1-4H3,(H,38,40)(H,39,41). The van der Waals surface area contributed by atoms with Crippen LogP contribution in [0.3, 0.4) is 0 Å². The molecule has 0 atom stereocenters. The second-order valence-corrected chi connectivity index (χ2v) is 9.82. The molecule has 0 aromatic heterocycles. The van der Waals surface area contributed by atoms with Crippen LogP contribution in [0, 0.1) is 0 Å². The van der Waals surface area contributed by atoms with Crippen LogP contribution < -0.4 is 39.3 Å². The highest BCUT2D eigenvalue weighted by molar-refractivity contribution is 5.97. The number of ether oxygens (including phenoxy) is 6. The Balaban J connectivity index is 1.18. The van der Waals surface area contributed by atoms with Gasteiger partial charge in [-0.15, -0.1) is 0 Å². The smallest absolute Gasteiger partial charge is 0.343 e. The maximum atomic E-state index is 12.5. The zero-order valence-electron chi connectivity index (χ0n) is 26.9. The van der Waals surface area contributed by atoms with Crippen molar-refractivity contribution in [2.75, 3.05) is 28.4 Å². The highest BCUT2D eigenvalue weighted by Gasteiger charge is 2.14. The molecule has 0 fully saturated rings. The van der Waals surface area contributed by atoms with Gasteiger partial charge in [0.2, 0.25) is 11.8 Å². The van der Waals surface area contributed by atoms with E-state index in [1.165, 1.54) is 53.0 Å². The van der Waals surface area contributed by atoms with Gasteiger partial charge in [-0.2, -0.15) is 10.2 Å². The Bertz CT molecular complexity index is 1720. The molecule has 0 bridgehead atoms. The first-order valence-electron chi connectivity index (χ1n) is 14.4. The van der Waals surface area contributed by atoms with Crippen molar-refractivity contribution in [2.24, 2.45) is 10.2 Å². The second-order valence-electron chi connectivity index (χ2n) is 9.82. The van der Waals surface area contributed by atoms with E-state index in [0.717, 1.165) is 0 Å². The van der Waals surface area contributed by atoms with E-state index in [-0.39, 0.29) is 11.1 Å². The van der Waals surface area contributed by atoms with Crippen molar-refractivity contribution in [1.82, 2.24) is 10.9 Å². The Labute approximate surface area is 281 Å². The number of nitrogens with zero attached hydrogens (tertiary/aromatic N) is 2. The molecule has 0 aliphatic carbocycles. The Kier molecular flexibility index (Phi) is 12.4. The first kappa shape index (κ1) is 35.2. The number of nitrogens with one attached hydrogen (secondary N) is 2. The molecule has 4 aromatic rings. The lowest BCUT2D eigenvalue weighted by atomic mass is 10.2. The van der Waals surface area contributed by atoms with Crippen molar-refractivity contribution >= 4 is 36.2 Å². The fourth-order valence-electron chi connectivity index (χ4n) is 4.08. The molecule has 0 unspecified atom stereocenters. The fraction of sp³-hybridized carbons (Fsp3) is 0.143. The van der Waals surface area contributed by atoms with Crippen molar-refractivity contribution in [1.29, 1.82) is 0 Å². The molecule has 4 aromatic carbocycles. The number of amides is 2. The van der Waals surface area contributed by atoms with Crippen LogP contribution in [0.5, 0.6) is 34.5 Å². The summed E-state index contributed by atoms with van der Waals surface area (Å²) in [6.07, 6.45) is 2.20. The van der Waals surface area contributed by atoms with Crippen molar-refractivity contribution < 1.29 is 47.6 Å². The van der Waals surface area contributed by atoms with Gasteiger partial charge in [0, 0.05) is 0 Å². The lowest BCUT2D eigenvalue weighted by Gasteiger charge is -2.09. The number of benzene rings is 4. The number of esters is 2. The van der Waals surface area contributed by atoms with Gasteiger partial charge in [0.25, 0.3) is 0 Å². The minimum Gasteiger partial charge on any atom is -0.493 e. The van der Waals surface area contributed by atoms with Crippen LogP contribution in [-0.2, 0) is 9.59 Å². The van der Waals surface area contributed by atoms with E-state index in [1.54, 1.807) is 72.8 Å². The van der Waals surface area contributed by atoms with Crippen LogP contribution in [0.1, 0.15) is 38.3 Å². The van der Waals surface area contributed by atoms with Crippen LogP contribution in [-0.4, -0.2) is 64.6 Å². The largest absolute Gasteiger partial charge is 0.493 e. The fourth-order valence-corrected chi connectivity index (χ4v) is 4.08. The molecule has 2 N–H and O–H groups in total. The average molecular weight is 669 g/mol. The normalized spacial score (nSPS) is 10.7. The van der Waals surface area contributed by atoms with E-state index in [2.05, 4.69) is 21.1 Å². The number of carbonyl (C=O) groups is 4. The molecule has 4 rings (SSSR count). The summed E-state index contributed by atoms with van der Waals surface area (Å²) < 4.78 is 31.6. The van der Waals surface area contributed by atoms with Crippen molar-refractivity contribution in [3.8, 4) is 34.5 Å². The van der Waals surface area contributed by atoms with Gasteiger partial charge in [0.05, 0.1) is 52.0 Å². The monoisotopic (exact) mass is 668 g/mol. The molecule has 0 saturated carbocycles. The van der Waals surface area contributed by atoms with E-state index in [4.69, 9.17) is 28.4 Å². The SMILES string of the molecule is COc1ccc(C(=O)Oc2ccc(C=NNC(=O)CC(=O)NN=Cc3ccc(OC(=O)c4ccc(OC)c(OC)c4)cc3)cc2)cc1OC. The second kappa shape index (κ2) is 17.3. The third kappa shape index (κ3) is 10.1. The predicted molar refractivity (Wildman–Crippen MR) is 178 cm³/mol. The summed E-state index contributed by atoms with van der Waals surface area (Å²) >= 11 is 0. The summed E-state index contributed by atoms with van der Waals surface area (Å²) in [5.41, 5.74) is 6.28. The van der Waals surface area contributed by atoms with Gasteiger partial charge in [-0.25, -0.2) is 20.4 Å². The number of rotatable bonds is 14.